The Morgan fingerprint density at radius 2 is 2.36 bits per heavy atom. The Labute approximate surface area is 134 Å². The molecule has 0 spiro atoms. The second kappa shape index (κ2) is 6.79. The molecule has 10 heteroatoms. The Balaban J connectivity index is 1.44. The van der Waals surface area contributed by atoms with Crippen molar-refractivity contribution in [1.29, 1.82) is 0 Å². The number of aryl methyl sites for hydroxylation is 1. The first-order chi connectivity index (χ1) is 10.7. The Morgan fingerprint density at radius 1 is 1.45 bits per heavy atom. The molecule has 0 bridgehead atoms. The summed E-state index contributed by atoms with van der Waals surface area (Å²) in [5.74, 6) is 1.12. The van der Waals surface area contributed by atoms with Crippen LogP contribution in [0.3, 0.4) is 0 Å². The molecule has 0 atom stereocenters. The number of amides is 1. The Kier molecular flexibility index (Phi) is 4.59. The predicted molar refractivity (Wildman–Crippen MR) is 83.1 cm³/mol. The summed E-state index contributed by atoms with van der Waals surface area (Å²) < 4.78 is 2.43. The number of carbonyl (C=O) groups is 1. The lowest BCUT2D eigenvalue weighted by molar-refractivity contribution is 0.0943. The molecule has 3 aromatic rings. The summed E-state index contributed by atoms with van der Waals surface area (Å²) in [5.41, 5.74) is 0. The Morgan fingerprint density at radius 3 is 3.14 bits per heavy atom. The molecule has 0 aromatic carbocycles. The van der Waals surface area contributed by atoms with E-state index in [0.717, 1.165) is 21.5 Å². The van der Waals surface area contributed by atoms with Crippen LogP contribution in [-0.4, -0.2) is 48.0 Å². The minimum atomic E-state index is -0.290. The van der Waals surface area contributed by atoms with E-state index in [4.69, 9.17) is 0 Å². The fraction of sp³-hybridized carbons (Fsp3) is 0.333. The molecule has 8 nitrogen and oxygen atoms in total. The lowest BCUT2D eigenvalue weighted by Gasteiger charge is -2.01. The van der Waals surface area contributed by atoms with Crippen molar-refractivity contribution in [1.82, 2.24) is 35.1 Å². The van der Waals surface area contributed by atoms with Crippen LogP contribution >= 0.6 is 23.1 Å². The standard InChI is InChI=1S/C12H13N7OS2/c1-8-16-17-12(22-8)21-7-3-5-13-10(20)9-15-11-14-4-2-6-19(11)18-9/h2,4,6H,3,5,7H2,1H3,(H,13,20). The maximum atomic E-state index is 11.9. The van der Waals surface area contributed by atoms with Gasteiger partial charge in [0.25, 0.3) is 11.7 Å². The van der Waals surface area contributed by atoms with E-state index in [9.17, 15) is 4.79 Å². The van der Waals surface area contributed by atoms with E-state index >= 15 is 0 Å². The molecule has 3 heterocycles. The largest absolute Gasteiger partial charge is 0.349 e. The fourth-order valence-electron chi connectivity index (χ4n) is 1.68. The van der Waals surface area contributed by atoms with Gasteiger partial charge in [-0.15, -0.1) is 15.3 Å². The number of hydrogen-bond acceptors (Lipinski definition) is 8. The third-order valence-corrected chi connectivity index (χ3v) is 4.72. The summed E-state index contributed by atoms with van der Waals surface area (Å²) >= 11 is 3.22. The molecule has 0 unspecified atom stereocenters. The first-order valence-corrected chi connectivity index (χ1v) is 8.41. The van der Waals surface area contributed by atoms with Crippen LogP contribution in [-0.2, 0) is 0 Å². The monoisotopic (exact) mass is 335 g/mol. The molecule has 3 rings (SSSR count). The number of carbonyl (C=O) groups excluding carboxylic acids is 1. The van der Waals surface area contributed by atoms with E-state index in [-0.39, 0.29) is 11.7 Å². The van der Waals surface area contributed by atoms with Crippen LogP contribution in [0.4, 0.5) is 0 Å². The van der Waals surface area contributed by atoms with Crippen molar-refractivity contribution < 1.29 is 4.79 Å². The van der Waals surface area contributed by atoms with Crippen LogP contribution in [0.1, 0.15) is 22.0 Å². The molecule has 1 amide bonds. The normalized spacial score (nSPS) is 11.0. The number of nitrogens with one attached hydrogen (secondary N) is 1. The Bertz CT molecular complexity index is 751. The molecule has 0 fully saturated rings. The maximum absolute atomic E-state index is 11.9. The van der Waals surface area contributed by atoms with Gasteiger partial charge in [0, 0.05) is 24.7 Å². The van der Waals surface area contributed by atoms with Crippen LogP contribution in [0.2, 0.25) is 0 Å². The van der Waals surface area contributed by atoms with Gasteiger partial charge in [-0.25, -0.2) is 9.50 Å². The highest BCUT2D eigenvalue weighted by Crippen LogP contribution is 2.21. The summed E-state index contributed by atoms with van der Waals surface area (Å²) in [6, 6.07) is 1.73. The van der Waals surface area contributed by atoms with Gasteiger partial charge in [0.15, 0.2) is 4.34 Å². The van der Waals surface area contributed by atoms with Crippen molar-refractivity contribution in [3.8, 4) is 0 Å². The van der Waals surface area contributed by atoms with Gasteiger partial charge < -0.3 is 5.32 Å². The van der Waals surface area contributed by atoms with Crippen molar-refractivity contribution in [2.75, 3.05) is 12.3 Å². The van der Waals surface area contributed by atoms with Gasteiger partial charge in [-0.3, -0.25) is 4.79 Å². The molecular weight excluding hydrogens is 322 g/mol. The van der Waals surface area contributed by atoms with Crippen LogP contribution < -0.4 is 5.32 Å². The summed E-state index contributed by atoms with van der Waals surface area (Å²) in [5, 5.41) is 15.8. The highest BCUT2D eigenvalue weighted by molar-refractivity contribution is 8.01. The predicted octanol–water partition coefficient (Wildman–Crippen LogP) is 1.20. The van der Waals surface area contributed by atoms with Crippen molar-refractivity contribution in [2.45, 2.75) is 17.7 Å². The van der Waals surface area contributed by atoms with E-state index in [1.807, 2.05) is 6.92 Å². The van der Waals surface area contributed by atoms with Crippen LogP contribution in [0, 0.1) is 6.92 Å². The minimum Gasteiger partial charge on any atom is -0.349 e. The van der Waals surface area contributed by atoms with Crippen molar-refractivity contribution in [3.05, 3.63) is 29.3 Å². The molecule has 0 aliphatic rings. The summed E-state index contributed by atoms with van der Waals surface area (Å²) in [6.07, 6.45) is 4.14. The lowest BCUT2D eigenvalue weighted by atomic mass is 10.4. The molecule has 0 saturated heterocycles. The van der Waals surface area contributed by atoms with Gasteiger partial charge in [-0.1, -0.05) is 23.1 Å². The lowest BCUT2D eigenvalue weighted by Crippen LogP contribution is -2.26. The summed E-state index contributed by atoms with van der Waals surface area (Å²) in [7, 11) is 0. The van der Waals surface area contributed by atoms with Gasteiger partial charge in [-0.05, 0) is 19.4 Å². The average Bonchev–Trinajstić information content (AvgIpc) is 3.12. The van der Waals surface area contributed by atoms with E-state index in [1.165, 1.54) is 4.52 Å². The zero-order chi connectivity index (χ0) is 15.4. The van der Waals surface area contributed by atoms with Gasteiger partial charge >= 0.3 is 0 Å². The number of rotatable bonds is 6. The van der Waals surface area contributed by atoms with Gasteiger partial charge in [0.05, 0.1) is 0 Å². The van der Waals surface area contributed by atoms with Gasteiger partial charge in [0.1, 0.15) is 5.01 Å². The molecule has 0 aliphatic heterocycles. The molecule has 114 valence electrons. The molecule has 22 heavy (non-hydrogen) atoms. The molecular formula is C12H13N7OS2. The number of thioether (sulfide) groups is 1. The highest BCUT2D eigenvalue weighted by atomic mass is 32.2. The smallest absolute Gasteiger partial charge is 0.291 e. The molecule has 3 aromatic heterocycles. The number of hydrogen-bond donors (Lipinski definition) is 1. The maximum Gasteiger partial charge on any atom is 0.291 e. The Hall–Kier alpha value is -2.07. The van der Waals surface area contributed by atoms with E-state index in [2.05, 4.69) is 30.6 Å². The van der Waals surface area contributed by atoms with E-state index in [1.54, 1.807) is 41.6 Å². The number of nitrogens with zero attached hydrogens (tertiary/aromatic N) is 6. The third kappa shape index (κ3) is 3.57. The van der Waals surface area contributed by atoms with Crippen LogP contribution in [0.5, 0.6) is 0 Å². The second-order valence-electron chi connectivity index (χ2n) is 4.34. The van der Waals surface area contributed by atoms with Crippen LogP contribution in [0.25, 0.3) is 5.78 Å². The topological polar surface area (TPSA) is 98.0 Å². The van der Waals surface area contributed by atoms with Crippen LogP contribution in [0.15, 0.2) is 22.8 Å². The van der Waals surface area contributed by atoms with E-state index < -0.39 is 0 Å². The minimum absolute atomic E-state index is 0.131. The third-order valence-electron chi connectivity index (χ3n) is 2.66. The summed E-state index contributed by atoms with van der Waals surface area (Å²) in [4.78, 5) is 20.0. The van der Waals surface area contributed by atoms with Crippen molar-refractivity contribution in [2.24, 2.45) is 0 Å². The quantitative estimate of drug-likeness (QED) is 0.534. The first kappa shape index (κ1) is 14.9. The summed E-state index contributed by atoms with van der Waals surface area (Å²) in [6.45, 7) is 2.49. The number of fused-ring (bicyclic) bond motifs is 1. The number of aromatic nitrogens is 6. The highest BCUT2D eigenvalue weighted by Gasteiger charge is 2.12. The zero-order valence-corrected chi connectivity index (χ0v) is 13.4. The van der Waals surface area contributed by atoms with E-state index in [0.29, 0.717) is 12.3 Å². The van der Waals surface area contributed by atoms with Crippen molar-refractivity contribution in [3.63, 3.8) is 0 Å². The average molecular weight is 335 g/mol. The molecule has 0 saturated carbocycles. The first-order valence-electron chi connectivity index (χ1n) is 6.61. The van der Waals surface area contributed by atoms with Gasteiger partial charge in [0.2, 0.25) is 5.82 Å². The SMILES string of the molecule is Cc1nnc(SCCCNC(=O)c2nc3ncccn3n2)s1. The zero-order valence-electron chi connectivity index (χ0n) is 11.8. The molecule has 0 aliphatic carbocycles. The van der Waals surface area contributed by atoms with Crippen molar-refractivity contribution >= 4 is 34.8 Å². The van der Waals surface area contributed by atoms with Gasteiger partial charge in [-0.2, -0.15) is 4.98 Å². The second-order valence-corrected chi connectivity index (χ2v) is 6.87. The molecule has 1 N–H and O–H groups in total. The fourth-order valence-corrected chi connectivity index (χ4v) is 3.50. The molecule has 0 radical (unpaired) electrons.